The van der Waals surface area contributed by atoms with Gasteiger partial charge >= 0.3 is 0 Å². The molecule has 0 atom stereocenters. The average Bonchev–Trinajstić information content (AvgIpc) is 3.31. The molecule has 7 nitrogen and oxygen atoms in total. The van der Waals surface area contributed by atoms with Gasteiger partial charge in [-0.1, -0.05) is 12.1 Å². The van der Waals surface area contributed by atoms with E-state index in [1.165, 1.54) is 0 Å². The number of aromatic nitrogens is 4. The first-order chi connectivity index (χ1) is 16.8. The number of methoxy groups -OCH3 is 1. The van der Waals surface area contributed by atoms with Crippen LogP contribution in [0.1, 0.15) is 16.8 Å². The summed E-state index contributed by atoms with van der Waals surface area (Å²) in [5, 5.41) is 11.8. The molecular formula is C28H27N5O2. The van der Waals surface area contributed by atoms with Crippen molar-refractivity contribution in [2.45, 2.75) is 20.8 Å². The van der Waals surface area contributed by atoms with Gasteiger partial charge in [0.1, 0.15) is 5.75 Å². The highest BCUT2D eigenvalue weighted by atomic mass is 16.5. The van der Waals surface area contributed by atoms with Crippen LogP contribution in [0.5, 0.6) is 5.75 Å². The van der Waals surface area contributed by atoms with Gasteiger partial charge in [-0.3, -0.25) is 14.9 Å². The first kappa shape index (κ1) is 22.4. The zero-order valence-electron chi connectivity index (χ0n) is 20.4. The lowest BCUT2D eigenvalue weighted by atomic mass is 9.99. The number of benzene rings is 2. The van der Waals surface area contributed by atoms with Crippen LogP contribution in [-0.2, 0) is 7.05 Å². The van der Waals surface area contributed by atoms with E-state index in [-0.39, 0.29) is 5.56 Å². The standard InChI is InChI=1S/C28H27N5O2/c1-16-6-9-21(26(10-16)35-5)24-14-27(32-31-24)30-20-8-7-17(2)22(13-20)23-12-19-15-29-18(3)11-25(19)33(4)28(23)34/h6-15H,1-5H3,(H2,30,31,32). The number of hydrogen-bond donors (Lipinski definition) is 2. The number of pyridine rings is 2. The molecule has 5 rings (SSSR count). The van der Waals surface area contributed by atoms with Crippen molar-refractivity contribution in [3.63, 3.8) is 0 Å². The first-order valence-corrected chi connectivity index (χ1v) is 11.4. The van der Waals surface area contributed by atoms with E-state index in [9.17, 15) is 4.79 Å². The molecule has 0 bridgehead atoms. The Balaban J connectivity index is 1.51. The lowest BCUT2D eigenvalue weighted by Gasteiger charge is -2.13. The topological polar surface area (TPSA) is 84.8 Å². The molecule has 5 aromatic rings. The van der Waals surface area contributed by atoms with Gasteiger partial charge in [0, 0.05) is 47.2 Å². The van der Waals surface area contributed by atoms with Crippen LogP contribution in [0.25, 0.3) is 33.3 Å². The summed E-state index contributed by atoms with van der Waals surface area (Å²) < 4.78 is 7.23. The van der Waals surface area contributed by atoms with Gasteiger partial charge in [-0.25, -0.2) is 0 Å². The molecule has 0 aliphatic carbocycles. The molecular weight excluding hydrogens is 438 g/mol. The Bertz CT molecular complexity index is 1630. The second-order valence-electron chi connectivity index (χ2n) is 8.83. The fraction of sp³-hybridized carbons (Fsp3) is 0.179. The quantitative estimate of drug-likeness (QED) is 0.349. The number of nitrogens with one attached hydrogen (secondary N) is 2. The van der Waals surface area contributed by atoms with Crippen molar-refractivity contribution in [3.05, 3.63) is 88.0 Å². The van der Waals surface area contributed by atoms with Gasteiger partial charge in [-0.2, -0.15) is 5.10 Å². The molecule has 0 radical (unpaired) electrons. The lowest BCUT2D eigenvalue weighted by Crippen LogP contribution is -2.19. The molecule has 7 heteroatoms. The minimum atomic E-state index is -0.0446. The molecule has 0 aliphatic heterocycles. The summed E-state index contributed by atoms with van der Waals surface area (Å²) in [6.45, 7) is 5.96. The van der Waals surface area contributed by atoms with E-state index in [0.717, 1.165) is 56.0 Å². The van der Waals surface area contributed by atoms with Crippen molar-refractivity contribution in [3.8, 4) is 28.1 Å². The molecule has 0 fully saturated rings. The van der Waals surface area contributed by atoms with Crippen molar-refractivity contribution >= 4 is 22.4 Å². The summed E-state index contributed by atoms with van der Waals surface area (Å²) in [6, 6.07) is 17.8. The van der Waals surface area contributed by atoms with Crippen molar-refractivity contribution in [2.75, 3.05) is 12.4 Å². The smallest absolute Gasteiger partial charge is 0.258 e. The van der Waals surface area contributed by atoms with E-state index in [1.54, 1.807) is 18.7 Å². The third kappa shape index (κ3) is 4.17. The van der Waals surface area contributed by atoms with Crippen LogP contribution in [0.3, 0.4) is 0 Å². The highest BCUT2D eigenvalue weighted by Crippen LogP contribution is 2.32. The number of nitrogens with zero attached hydrogens (tertiary/aromatic N) is 3. The number of rotatable bonds is 5. The number of aryl methyl sites for hydroxylation is 4. The molecule has 0 unspecified atom stereocenters. The number of ether oxygens (including phenoxy) is 1. The molecule has 0 aliphatic rings. The van der Waals surface area contributed by atoms with E-state index < -0.39 is 0 Å². The predicted octanol–water partition coefficient (Wildman–Crippen LogP) is 5.67. The van der Waals surface area contributed by atoms with E-state index in [1.807, 2.05) is 81.6 Å². The summed E-state index contributed by atoms with van der Waals surface area (Å²) in [4.78, 5) is 17.7. The van der Waals surface area contributed by atoms with Gasteiger partial charge in [-0.05, 0) is 73.9 Å². The van der Waals surface area contributed by atoms with E-state index in [4.69, 9.17) is 4.74 Å². The predicted molar refractivity (Wildman–Crippen MR) is 140 cm³/mol. The fourth-order valence-corrected chi connectivity index (χ4v) is 4.34. The van der Waals surface area contributed by atoms with Crippen molar-refractivity contribution < 1.29 is 4.74 Å². The van der Waals surface area contributed by atoms with Gasteiger partial charge < -0.3 is 14.6 Å². The zero-order chi connectivity index (χ0) is 24.7. The molecule has 0 saturated carbocycles. The molecule has 2 aromatic carbocycles. The summed E-state index contributed by atoms with van der Waals surface area (Å²) in [5.74, 6) is 1.46. The monoisotopic (exact) mass is 465 g/mol. The second-order valence-corrected chi connectivity index (χ2v) is 8.83. The SMILES string of the molecule is COc1cc(C)ccc1-c1cc(Nc2ccc(C)c(-c3cc4cnc(C)cc4n(C)c3=O)c2)n[nH]1. The maximum atomic E-state index is 13.3. The Kier molecular flexibility index (Phi) is 5.61. The van der Waals surface area contributed by atoms with Crippen LogP contribution in [0.2, 0.25) is 0 Å². The van der Waals surface area contributed by atoms with E-state index >= 15 is 0 Å². The zero-order valence-corrected chi connectivity index (χ0v) is 20.4. The van der Waals surface area contributed by atoms with Crippen LogP contribution in [0.4, 0.5) is 11.5 Å². The summed E-state index contributed by atoms with van der Waals surface area (Å²) in [7, 11) is 3.46. The lowest BCUT2D eigenvalue weighted by molar-refractivity contribution is 0.416. The third-order valence-corrected chi connectivity index (χ3v) is 6.27. The minimum Gasteiger partial charge on any atom is -0.496 e. The Morgan fingerprint density at radius 1 is 0.943 bits per heavy atom. The normalized spacial score (nSPS) is 11.1. The summed E-state index contributed by atoms with van der Waals surface area (Å²) in [6.07, 6.45) is 1.82. The van der Waals surface area contributed by atoms with Gasteiger partial charge in [0.2, 0.25) is 0 Å². The number of hydrogen-bond acceptors (Lipinski definition) is 5. The molecule has 35 heavy (non-hydrogen) atoms. The molecule has 3 aromatic heterocycles. The van der Waals surface area contributed by atoms with Crippen LogP contribution in [0, 0.1) is 20.8 Å². The van der Waals surface area contributed by atoms with Crippen molar-refractivity contribution in [1.29, 1.82) is 0 Å². The fourth-order valence-electron chi connectivity index (χ4n) is 4.34. The Labute approximate surface area is 203 Å². The Hall–Kier alpha value is -4.39. The maximum Gasteiger partial charge on any atom is 0.258 e. The van der Waals surface area contributed by atoms with Gasteiger partial charge in [0.25, 0.3) is 5.56 Å². The third-order valence-electron chi connectivity index (χ3n) is 6.27. The maximum absolute atomic E-state index is 13.3. The van der Waals surface area contributed by atoms with Gasteiger partial charge in [0.05, 0.1) is 18.3 Å². The molecule has 0 amide bonds. The van der Waals surface area contributed by atoms with Crippen LogP contribution >= 0.6 is 0 Å². The minimum absolute atomic E-state index is 0.0446. The van der Waals surface area contributed by atoms with Crippen LogP contribution in [0.15, 0.2) is 65.6 Å². The average molecular weight is 466 g/mol. The molecule has 0 saturated heterocycles. The van der Waals surface area contributed by atoms with Crippen molar-refractivity contribution in [2.24, 2.45) is 7.05 Å². The van der Waals surface area contributed by atoms with Crippen molar-refractivity contribution in [1.82, 2.24) is 19.7 Å². The van der Waals surface area contributed by atoms with Gasteiger partial charge in [-0.15, -0.1) is 0 Å². The number of fused-ring (bicyclic) bond motifs is 1. The van der Waals surface area contributed by atoms with Crippen LogP contribution < -0.4 is 15.6 Å². The molecule has 3 heterocycles. The molecule has 0 spiro atoms. The van der Waals surface area contributed by atoms with E-state index in [2.05, 4.69) is 20.5 Å². The number of H-pyrrole nitrogens is 1. The first-order valence-electron chi connectivity index (χ1n) is 11.4. The number of anilines is 2. The summed E-state index contributed by atoms with van der Waals surface area (Å²) in [5.41, 5.74) is 7.97. The van der Waals surface area contributed by atoms with Crippen LogP contribution in [-0.4, -0.2) is 26.9 Å². The second kappa shape index (κ2) is 8.76. The largest absolute Gasteiger partial charge is 0.496 e. The number of aromatic amines is 1. The molecule has 176 valence electrons. The molecule has 2 N–H and O–H groups in total. The highest BCUT2D eigenvalue weighted by molar-refractivity contribution is 5.85. The highest BCUT2D eigenvalue weighted by Gasteiger charge is 2.14. The van der Waals surface area contributed by atoms with Gasteiger partial charge in [0.15, 0.2) is 5.82 Å². The summed E-state index contributed by atoms with van der Waals surface area (Å²) >= 11 is 0. The van der Waals surface area contributed by atoms with E-state index in [0.29, 0.717) is 11.4 Å². The Morgan fingerprint density at radius 2 is 1.77 bits per heavy atom. The Morgan fingerprint density at radius 3 is 2.57 bits per heavy atom.